The van der Waals surface area contributed by atoms with Crippen LogP contribution >= 0.6 is 0 Å². The van der Waals surface area contributed by atoms with E-state index >= 15 is 0 Å². The molecule has 8 heavy (non-hydrogen) atoms. The lowest BCUT2D eigenvalue weighted by Gasteiger charge is -2.02. The van der Waals surface area contributed by atoms with Crippen molar-refractivity contribution in [2.45, 2.75) is 25.4 Å². The second kappa shape index (κ2) is 2.46. The first-order valence-corrected chi connectivity index (χ1v) is 2.95. The molecule has 1 unspecified atom stereocenters. The Morgan fingerprint density at radius 1 is 1.50 bits per heavy atom. The Kier molecular flexibility index (Phi) is 1.86. The van der Waals surface area contributed by atoms with Crippen LogP contribution in [-0.2, 0) is 0 Å². The molecular weight excluding hydrogens is 104 g/mol. The summed E-state index contributed by atoms with van der Waals surface area (Å²) in [6.45, 7) is -0.0938. The van der Waals surface area contributed by atoms with Crippen molar-refractivity contribution in [1.82, 2.24) is 0 Å². The van der Waals surface area contributed by atoms with Gasteiger partial charge in [-0.15, -0.1) is 0 Å². The standard InChI is InChI=1S/C6H11O2/c7-4-6(8)3-5-1-2-5/h6-8H,1-4H2. The van der Waals surface area contributed by atoms with Crippen LogP contribution in [0.3, 0.4) is 0 Å². The zero-order chi connectivity index (χ0) is 5.98. The first-order chi connectivity index (χ1) is 3.83. The molecular formula is C6H11O2. The van der Waals surface area contributed by atoms with Gasteiger partial charge in [-0.05, 0) is 25.2 Å². The Morgan fingerprint density at radius 2 is 2.12 bits per heavy atom. The van der Waals surface area contributed by atoms with Gasteiger partial charge in [-0.1, -0.05) is 0 Å². The zero-order valence-corrected chi connectivity index (χ0v) is 4.80. The van der Waals surface area contributed by atoms with Gasteiger partial charge in [0.2, 0.25) is 0 Å². The Balaban J connectivity index is 1.98. The highest BCUT2D eigenvalue weighted by molar-refractivity contribution is 5.05. The monoisotopic (exact) mass is 115 g/mol. The lowest BCUT2D eigenvalue weighted by molar-refractivity contribution is 0.0936. The van der Waals surface area contributed by atoms with Crippen molar-refractivity contribution in [2.75, 3.05) is 6.61 Å². The molecule has 1 rings (SSSR count). The summed E-state index contributed by atoms with van der Waals surface area (Å²) in [5.41, 5.74) is 0. The Bertz CT molecular complexity index is 68.9. The van der Waals surface area contributed by atoms with Crippen LogP contribution in [0.1, 0.15) is 19.3 Å². The maximum absolute atomic E-state index is 8.80. The maximum atomic E-state index is 8.80. The fourth-order valence-corrected chi connectivity index (χ4v) is 0.690. The Labute approximate surface area is 49.1 Å². The van der Waals surface area contributed by atoms with E-state index in [9.17, 15) is 0 Å². The van der Waals surface area contributed by atoms with Crippen molar-refractivity contribution in [3.8, 4) is 0 Å². The lowest BCUT2D eigenvalue weighted by atomic mass is 10.2. The molecule has 2 nitrogen and oxygen atoms in total. The quantitative estimate of drug-likeness (QED) is 0.547. The summed E-state index contributed by atoms with van der Waals surface area (Å²) < 4.78 is 0. The minimum Gasteiger partial charge on any atom is -0.394 e. The van der Waals surface area contributed by atoms with E-state index < -0.39 is 6.10 Å². The molecule has 1 aliphatic rings. The van der Waals surface area contributed by atoms with Gasteiger partial charge in [0, 0.05) is 0 Å². The van der Waals surface area contributed by atoms with Gasteiger partial charge in [0.15, 0.2) is 0 Å². The van der Waals surface area contributed by atoms with Crippen molar-refractivity contribution >= 4 is 0 Å². The van der Waals surface area contributed by atoms with E-state index in [0.717, 1.165) is 19.3 Å². The number of hydrogen-bond donors (Lipinski definition) is 2. The average Bonchev–Trinajstić information content (AvgIpc) is 2.50. The van der Waals surface area contributed by atoms with Crippen molar-refractivity contribution in [3.05, 3.63) is 5.92 Å². The molecule has 1 fully saturated rings. The molecule has 0 amide bonds. The average molecular weight is 115 g/mol. The van der Waals surface area contributed by atoms with Crippen molar-refractivity contribution in [3.63, 3.8) is 0 Å². The summed E-state index contributed by atoms with van der Waals surface area (Å²) >= 11 is 0. The molecule has 2 heteroatoms. The van der Waals surface area contributed by atoms with E-state index in [0.29, 0.717) is 0 Å². The molecule has 0 saturated heterocycles. The van der Waals surface area contributed by atoms with Crippen LogP contribution in [0, 0.1) is 5.92 Å². The molecule has 1 saturated carbocycles. The largest absolute Gasteiger partial charge is 0.394 e. The number of aliphatic hydroxyl groups is 2. The normalized spacial score (nSPS) is 23.2. The van der Waals surface area contributed by atoms with Crippen LogP contribution in [0.25, 0.3) is 0 Å². The van der Waals surface area contributed by atoms with Gasteiger partial charge in [0.25, 0.3) is 0 Å². The predicted octanol–water partition coefficient (Wildman–Crippen LogP) is 0.0980. The lowest BCUT2D eigenvalue weighted by Crippen LogP contribution is -2.11. The zero-order valence-electron chi connectivity index (χ0n) is 4.80. The van der Waals surface area contributed by atoms with E-state index in [1.165, 1.54) is 5.92 Å². The van der Waals surface area contributed by atoms with Crippen LogP contribution in [0.2, 0.25) is 0 Å². The predicted molar refractivity (Wildman–Crippen MR) is 30.2 cm³/mol. The van der Waals surface area contributed by atoms with E-state index in [-0.39, 0.29) is 6.61 Å². The molecule has 0 aromatic rings. The van der Waals surface area contributed by atoms with Crippen molar-refractivity contribution in [2.24, 2.45) is 0 Å². The SMILES string of the molecule is OCC(O)C[C]1CC1. The molecule has 0 spiro atoms. The second-order valence-electron chi connectivity index (χ2n) is 2.29. The topological polar surface area (TPSA) is 40.5 Å². The van der Waals surface area contributed by atoms with Crippen LogP contribution in [-0.4, -0.2) is 22.9 Å². The summed E-state index contributed by atoms with van der Waals surface area (Å²) in [4.78, 5) is 0. The highest BCUT2D eigenvalue weighted by Gasteiger charge is 2.24. The minimum atomic E-state index is -0.493. The molecule has 0 aromatic carbocycles. The minimum absolute atomic E-state index is 0.0938. The van der Waals surface area contributed by atoms with Crippen LogP contribution in [0.4, 0.5) is 0 Å². The molecule has 1 aliphatic carbocycles. The van der Waals surface area contributed by atoms with Gasteiger partial charge in [-0.25, -0.2) is 0 Å². The smallest absolute Gasteiger partial charge is 0.0776 e. The fraction of sp³-hybridized carbons (Fsp3) is 0.833. The Hall–Kier alpha value is -0.0800. The highest BCUT2D eigenvalue weighted by atomic mass is 16.3. The number of hydrogen-bond acceptors (Lipinski definition) is 2. The van der Waals surface area contributed by atoms with E-state index in [1.54, 1.807) is 0 Å². The van der Waals surface area contributed by atoms with E-state index in [1.807, 2.05) is 0 Å². The second-order valence-corrected chi connectivity index (χ2v) is 2.29. The summed E-state index contributed by atoms with van der Waals surface area (Å²) in [7, 11) is 0. The summed E-state index contributed by atoms with van der Waals surface area (Å²) in [6.07, 6.45) is 2.55. The van der Waals surface area contributed by atoms with E-state index in [2.05, 4.69) is 0 Å². The van der Waals surface area contributed by atoms with Crippen molar-refractivity contribution < 1.29 is 10.2 Å². The van der Waals surface area contributed by atoms with Gasteiger partial charge >= 0.3 is 0 Å². The van der Waals surface area contributed by atoms with Gasteiger partial charge in [-0.2, -0.15) is 0 Å². The van der Waals surface area contributed by atoms with Gasteiger partial charge in [-0.3, -0.25) is 0 Å². The van der Waals surface area contributed by atoms with Gasteiger partial charge in [0.1, 0.15) is 0 Å². The van der Waals surface area contributed by atoms with Crippen LogP contribution < -0.4 is 0 Å². The molecule has 2 N–H and O–H groups in total. The van der Waals surface area contributed by atoms with Crippen LogP contribution in [0.15, 0.2) is 0 Å². The summed E-state index contributed by atoms with van der Waals surface area (Å²) in [5, 5.41) is 17.1. The molecule has 0 bridgehead atoms. The third-order valence-electron chi connectivity index (χ3n) is 1.34. The summed E-state index contributed by atoms with van der Waals surface area (Å²) in [6, 6.07) is 0. The third-order valence-corrected chi connectivity index (χ3v) is 1.34. The van der Waals surface area contributed by atoms with Gasteiger partial charge in [0.05, 0.1) is 12.7 Å². The first kappa shape index (κ1) is 6.05. The third kappa shape index (κ3) is 1.80. The maximum Gasteiger partial charge on any atom is 0.0776 e. The number of aliphatic hydroxyl groups excluding tert-OH is 2. The molecule has 47 valence electrons. The Morgan fingerprint density at radius 3 is 2.50 bits per heavy atom. The fourth-order valence-electron chi connectivity index (χ4n) is 0.690. The summed E-state index contributed by atoms with van der Waals surface area (Å²) in [5.74, 6) is 1.39. The highest BCUT2D eigenvalue weighted by Crippen LogP contribution is 2.35. The molecule has 1 radical (unpaired) electrons. The molecule has 0 heterocycles. The first-order valence-electron chi connectivity index (χ1n) is 2.95. The molecule has 0 aromatic heterocycles. The van der Waals surface area contributed by atoms with Crippen molar-refractivity contribution in [1.29, 1.82) is 0 Å². The van der Waals surface area contributed by atoms with Crippen LogP contribution in [0.5, 0.6) is 0 Å². The van der Waals surface area contributed by atoms with E-state index in [4.69, 9.17) is 10.2 Å². The molecule has 0 aliphatic heterocycles. The molecule has 1 atom stereocenters. The van der Waals surface area contributed by atoms with Gasteiger partial charge < -0.3 is 10.2 Å². The number of rotatable bonds is 3.